The van der Waals surface area contributed by atoms with Crippen molar-refractivity contribution in [3.8, 4) is 0 Å². The van der Waals surface area contributed by atoms with Crippen LogP contribution in [0.15, 0.2) is 18.2 Å². The van der Waals surface area contributed by atoms with Crippen LogP contribution in [0.2, 0.25) is 0 Å². The summed E-state index contributed by atoms with van der Waals surface area (Å²) < 4.78 is 0. The van der Waals surface area contributed by atoms with Crippen LogP contribution in [0.4, 0.5) is 0 Å². The van der Waals surface area contributed by atoms with Crippen molar-refractivity contribution >= 4 is 0 Å². The average molecular weight is 246 g/mol. The van der Waals surface area contributed by atoms with Crippen LogP contribution >= 0.6 is 0 Å². The molecule has 2 nitrogen and oxygen atoms in total. The quantitative estimate of drug-likeness (QED) is 0.836. The SMILES string of the molecule is CCN(CC1CC1)CC(N)c1ccc(C)c(C)c1. The lowest BCUT2D eigenvalue weighted by Crippen LogP contribution is -2.33. The standard InChI is InChI=1S/C16H26N2/c1-4-18(10-14-6-7-14)11-16(17)15-8-5-12(2)13(3)9-15/h5,8-9,14,16H,4,6-7,10-11,17H2,1-3H3. The summed E-state index contributed by atoms with van der Waals surface area (Å²) in [7, 11) is 0. The summed E-state index contributed by atoms with van der Waals surface area (Å²) in [5, 5.41) is 0. The average Bonchev–Trinajstić information content (AvgIpc) is 3.15. The number of aryl methyl sites for hydroxylation is 2. The Labute approximate surface area is 111 Å². The van der Waals surface area contributed by atoms with Crippen molar-refractivity contribution < 1.29 is 0 Å². The Balaban J connectivity index is 1.96. The smallest absolute Gasteiger partial charge is 0.0424 e. The van der Waals surface area contributed by atoms with Gasteiger partial charge in [-0.3, -0.25) is 0 Å². The Bertz CT molecular complexity index is 396. The van der Waals surface area contributed by atoms with Gasteiger partial charge in [0.1, 0.15) is 0 Å². The van der Waals surface area contributed by atoms with Crippen molar-refractivity contribution in [3.05, 3.63) is 34.9 Å². The lowest BCUT2D eigenvalue weighted by Gasteiger charge is -2.24. The highest BCUT2D eigenvalue weighted by Gasteiger charge is 2.24. The molecule has 100 valence electrons. The minimum absolute atomic E-state index is 0.142. The highest BCUT2D eigenvalue weighted by atomic mass is 15.1. The van der Waals surface area contributed by atoms with Gasteiger partial charge >= 0.3 is 0 Å². The Morgan fingerprint density at radius 1 is 1.28 bits per heavy atom. The van der Waals surface area contributed by atoms with Gasteiger partial charge in [-0.2, -0.15) is 0 Å². The summed E-state index contributed by atoms with van der Waals surface area (Å²) >= 11 is 0. The second kappa shape index (κ2) is 5.85. The van der Waals surface area contributed by atoms with E-state index in [4.69, 9.17) is 5.73 Å². The Morgan fingerprint density at radius 2 is 2.00 bits per heavy atom. The molecule has 0 amide bonds. The van der Waals surface area contributed by atoms with Crippen LogP contribution < -0.4 is 5.73 Å². The molecule has 1 aliphatic carbocycles. The van der Waals surface area contributed by atoms with Gasteiger partial charge in [0.15, 0.2) is 0 Å². The number of rotatable bonds is 6. The van der Waals surface area contributed by atoms with Crippen molar-refractivity contribution in [1.29, 1.82) is 0 Å². The summed E-state index contributed by atoms with van der Waals surface area (Å²) in [5.41, 5.74) is 10.3. The van der Waals surface area contributed by atoms with Crippen LogP contribution in [0, 0.1) is 19.8 Å². The molecule has 0 bridgehead atoms. The first-order valence-electron chi connectivity index (χ1n) is 7.15. The zero-order valence-electron chi connectivity index (χ0n) is 11.9. The van der Waals surface area contributed by atoms with E-state index in [2.05, 4.69) is 43.9 Å². The second-order valence-corrected chi connectivity index (χ2v) is 5.75. The highest BCUT2D eigenvalue weighted by molar-refractivity contribution is 5.31. The van der Waals surface area contributed by atoms with Gasteiger partial charge in [-0.25, -0.2) is 0 Å². The largest absolute Gasteiger partial charge is 0.323 e. The fourth-order valence-electron chi connectivity index (χ4n) is 2.38. The van der Waals surface area contributed by atoms with Gasteiger partial charge in [0.25, 0.3) is 0 Å². The van der Waals surface area contributed by atoms with Gasteiger partial charge in [-0.05, 0) is 55.8 Å². The summed E-state index contributed by atoms with van der Waals surface area (Å²) in [5.74, 6) is 0.942. The normalized spacial score (nSPS) is 17.2. The Hall–Kier alpha value is -0.860. The van der Waals surface area contributed by atoms with Crippen molar-refractivity contribution in [1.82, 2.24) is 4.90 Å². The molecule has 2 N–H and O–H groups in total. The first-order valence-corrected chi connectivity index (χ1v) is 7.15. The molecule has 1 unspecified atom stereocenters. The molecule has 0 heterocycles. The predicted octanol–water partition coefficient (Wildman–Crippen LogP) is 3.04. The van der Waals surface area contributed by atoms with Crippen molar-refractivity contribution in [2.75, 3.05) is 19.6 Å². The second-order valence-electron chi connectivity index (χ2n) is 5.75. The first-order chi connectivity index (χ1) is 8.60. The third-order valence-corrected chi connectivity index (χ3v) is 4.07. The van der Waals surface area contributed by atoms with Crippen molar-refractivity contribution in [3.63, 3.8) is 0 Å². The molecule has 0 saturated heterocycles. The lowest BCUT2D eigenvalue weighted by atomic mass is 10.0. The molecule has 1 aromatic carbocycles. The summed E-state index contributed by atoms with van der Waals surface area (Å²) in [6.45, 7) is 9.86. The van der Waals surface area contributed by atoms with E-state index < -0.39 is 0 Å². The Morgan fingerprint density at radius 3 is 2.56 bits per heavy atom. The topological polar surface area (TPSA) is 29.3 Å². The number of nitrogens with two attached hydrogens (primary N) is 1. The maximum atomic E-state index is 6.34. The molecule has 1 fully saturated rings. The summed E-state index contributed by atoms with van der Waals surface area (Å²) in [4.78, 5) is 2.50. The zero-order chi connectivity index (χ0) is 13.1. The van der Waals surface area contributed by atoms with E-state index in [1.54, 1.807) is 0 Å². The van der Waals surface area contributed by atoms with E-state index in [1.165, 1.54) is 36.1 Å². The molecule has 1 aliphatic rings. The van der Waals surface area contributed by atoms with E-state index in [1.807, 2.05) is 0 Å². The summed E-state index contributed by atoms with van der Waals surface area (Å²) in [6, 6.07) is 6.74. The van der Waals surface area contributed by atoms with Crippen LogP contribution in [0.5, 0.6) is 0 Å². The monoisotopic (exact) mass is 246 g/mol. The van der Waals surface area contributed by atoms with Crippen LogP contribution in [-0.2, 0) is 0 Å². The lowest BCUT2D eigenvalue weighted by molar-refractivity contribution is 0.260. The maximum Gasteiger partial charge on any atom is 0.0424 e. The van der Waals surface area contributed by atoms with Gasteiger partial charge in [-0.1, -0.05) is 25.1 Å². The van der Waals surface area contributed by atoms with Gasteiger partial charge in [0.2, 0.25) is 0 Å². The van der Waals surface area contributed by atoms with Crippen LogP contribution in [0.3, 0.4) is 0 Å². The molecular formula is C16H26N2. The van der Waals surface area contributed by atoms with Gasteiger partial charge in [0, 0.05) is 19.1 Å². The number of benzene rings is 1. The first kappa shape index (κ1) is 13.6. The zero-order valence-corrected chi connectivity index (χ0v) is 11.9. The highest BCUT2D eigenvalue weighted by Crippen LogP contribution is 2.30. The van der Waals surface area contributed by atoms with E-state index in [0.29, 0.717) is 0 Å². The molecule has 1 saturated carbocycles. The van der Waals surface area contributed by atoms with Crippen molar-refractivity contribution in [2.24, 2.45) is 11.7 Å². The molecule has 0 aromatic heterocycles. The molecule has 0 radical (unpaired) electrons. The molecular weight excluding hydrogens is 220 g/mol. The third-order valence-electron chi connectivity index (χ3n) is 4.07. The number of likely N-dealkylation sites (N-methyl/N-ethyl adjacent to an activating group) is 1. The molecule has 2 heteroatoms. The molecule has 2 rings (SSSR count). The van der Waals surface area contributed by atoms with E-state index >= 15 is 0 Å². The molecule has 0 spiro atoms. The molecule has 18 heavy (non-hydrogen) atoms. The predicted molar refractivity (Wildman–Crippen MR) is 77.7 cm³/mol. The van der Waals surface area contributed by atoms with E-state index in [9.17, 15) is 0 Å². The fourth-order valence-corrected chi connectivity index (χ4v) is 2.38. The van der Waals surface area contributed by atoms with Gasteiger partial charge < -0.3 is 10.6 Å². The van der Waals surface area contributed by atoms with E-state index in [-0.39, 0.29) is 6.04 Å². The maximum absolute atomic E-state index is 6.34. The van der Waals surface area contributed by atoms with E-state index in [0.717, 1.165) is 19.0 Å². The minimum Gasteiger partial charge on any atom is -0.323 e. The van der Waals surface area contributed by atoms with Crippen LogP contribution in [0.25, 0.3) is 0 Å². The molecule has 1 aromatic rings. The van der Waals surface area contributed by atoms with Crippen molar-refractivity contribution in [2.45, 2.75) is 39.7 Å². The van der Waals surface area contributed by atoms with Crippen LogP contribution in [-0.4, -0.2) is 24.5 Å². The fraction of sp³-hybridized carbons (Fsp3) is 0.625. The number of hydrogen-bond donors (Lipinski definition) is 1. The molecule has 0 aliphatic heterocycles. The number of nitrogens with zero attached hydrogens (tertiary/aromatic N) is 1. The molecule has 1 atom stereocenters. The third kappa shape index (κ3) is 3.56. The Kier molecular flexibility index (Phi) is 4.41. The van der Waals surface area contributed by atoms with Gasteiger partial charge in [0.05, 0.1) is 0 Å². The summed E-state index contributed by atoms with van der Waals surface area (Å²) in [6.07, 6.45) is 2.82. The van der Waals surface area contributed by atoms with Gasteiger partial charge in [-0.15, -0.1) is 0 Å². The van der Waals surface area contributed by atoms with Crippen LogP contribution in [0.1, 0.15) is 42.5 Å². The number of hydrogen-bond acceptors (Lipinski definition) is 2. The minimum atomic E-state index is 0.142.